The summed E-state index contributed by atoms with van der Waals surface area (Å²) in [4.78, 5) is 0. The molecular weight excluding hydrogens is 306 g/mol. The molecule has 0 saturated carbocycles. The van der Waals surface area contributed by atoms with Crippen molar-refractivity contribution in [2.75, 3.05) is 13.2 Å². The minimum atomic E-state index is -0.206. The van der Waals surface area contributed by atoms with Crippen LogP contribution in [0, 0.1) is 0 Å². The highest BCUT2D eigenvalue weighted by molar-refractivity contribution is 9.10. The van der Waals surface area contributed by atoms with Gasteiger partial charge in [0.1, 0.15) is 5.75 Å². The lowest BCUT2D eigenvalue weighted by Gasteiger charge is -2.18. The molecule has 0 aliphatic carbocycles. The molecule has 1 heterocycles. The number of hydrogen-bond donors (Lipinski definition) is 2. The van der Waals surface area contributed by atoms with E-state index < -0.39 is 0 Å². The van der Waals surface area contributed by atoms with Crippen LogP contribution in [0.15, 0.2) is 22.7 Å². The molecule has 1 aliphatic rings. The van der Waals surface area contributed by atoms with Crippen molar-refractivity contribution in [2.45, 2.75) is 44.8 Å². The SMILES string of the molecule is CC(O)CCCNC1CCCOc2cc(Br)ccc21. The monoisotopic (exact) mass is 327 g/mol. The van der Waals surface area contributed by atoms with Gasteiger partial charge < -0.3 is 15.2 Å². The minimum Gasteiger partial charge on any atom is -0.493 e. The summed E-state index contributed by atoms with van der Waals surface area (Å²) in [5, 5.41) is 12.9. The summed E-state index contributed by atoms with van der Waals surface area (Å²) >= 11 is 3.49. The van der Waals surface area contributed by atoms with Crippen LogP contribution in [0.4, 0.5) is 0 Å². The summed E-state index contributed by atoms with van der Waals surface area (Å²) in [6, 6.07) is 6.61. The molecule has 0 bridgehead atoms. The number of halogens is 1. The zero-order valence-corrected chi connectivity index (χ0v) is 12.9. The van der Waals surface area contributed by atoms with E-state index in [-0.39, 0.29) is 6.10 Å². The number of rotatable bonds is 5. The van der Waals surface area contributed by atoms with E-state index in [1.807, 2.05) is 13.0 Å². The van der Waals surface area contributed by atoms with Gasteiger partial charge in [0.25, 0.3) is 0 Å². The normalized spacial score (nSPS) is 20.3. The smallest absolute Gasteiger partial charge is 0.125 e. The quantitative estimate of drug-likeness (QED) is 0.814. The molecule has 1 aromatic carbocycles. The maximum Gasteiger partial charge on any atom is 0.125 e. The van der Waals surface area contributed by atoms with Gasteiger partial charge in [-0.15, -0.1) is 0 Å². The van der Waals surface area contributed by atoms with E-state index in [2.05, 4.69) is 33.4 Å². The van der Waals surface area contributed by atoms with Gasteiger partial charge in [-0.05, 0) is 51.3 Å². The molecule has 2 atom stereocenters. The number of nitrogens with one attached hydrogen (secondary N) is 1. The van der Waals surface area contributed by atoms with Crippen LogP contribution in [-0.2, 0) is 0 Å². The zero-order chi connectivity index (χ0) is 13.7. The molecular formula is C15H22BrNO2. The van der Waals surface area contributed by atoms with E-state index in [0.717, 1.165) is 49.1 Å². The van der Waals surface area contributed by atoms with Crippen LogP contribution in [0.2, 0.25) is 0 Å². The van der Waals surface area contributed by atoms with Crippen molar-refractivity contribution in [1.29, 1.82) is 0 Å². The summed E-state index contributed by atoms with van der Waals surface area (Å²) in [5.41, 5.74) is 1.25. The first kappa shape index (κ1) is 14.8. The van der Waals surface area contributed by atoms with Crippen molar-refractivity contribution in [3.05, 3.63) is 28.2 Å². The first-order chi connectivity index (χ1) is 9.16. The third kappa shape index (κ3) is 4.48. The number of hydrogen-bond acceptors (Lipinski definition) is 3. The van der Waals surface area contributed by atoms with E-state index in [4.69, 9.17) is 4.74 Å². The van der Waals surface area contributed by atoms with Crippen molar-refractivity contribution < 1.29 is 9.84 Å². The summed E-state index contributed by atoms with van der Waals surface area (Å²) in [5.74, 6) is 0.986. The summed E-state index contributed by atoms with van der Waals surface area (Å²) in [6.07, 6.45) is 3.82. The maximum absolute atomic E-state index is 9.27. The molecule has 0 aromatic heterocycles. The predicted molar refractivity (Wildman–Crippen MR) is 80.5 cm³/mol. The van der Waals surface area contributed by atoms with Gasteiger partial charge in [-0.2, -0.15) is 0 Å². The van der Waals surface area contributed by atoms with Crippen LogP contribution in [0.3, 0.4) is 0 Å². The maximum atomic E-state index is 9.27. The second kappa shape index (κ2) is 7.27. The van der Waals surface area contributed by atoms with Gasteiger partial charge in [0.05, 0.1) is 12.7 Å². The molecule has 4 heteroatoms. The Hall–Kier alpha value is -0.580. The molecule has 0 spiro atoms. The fourth-order valence-corrected chi connectivity index (χ4v) is 2.77. The Labute approximate surface area is 123 Å². The van der Waals surface area contributed by atoms with Crippen LogP contribution in [0.25, 0.3) is 0 Å². The molecule has 2 unspecified atom stereocenters. The van der Waals surface area contributed by atoms with Gasteiger partial charge in [0, 0.05) is 16.1 Å². The molecule has 3 nitrogen and oxygen atoms in total. The molecule has 0 fully saturated rings. The van der Waals surface area contributed by atoms with E-state index in [9.17, 15) is 5.11 Å². The van der Waals surface area contributed by atoms with Crippen LogP contribution >= 0.6 is 15.9 Å². The lowest BCUT2D eigenvalue weighted by molar-refractivity contribution is 0.181. The minimum absolute atomic E-state index is 0.206. The zero-order valence-electron chi connectivity index (χ0n) is 11.4. The Bertz CT molecular complexity index is 409. The predicted octanol–water partition coefficient (Wildman–Crippen LogP) is 3.41. The molecule has 0 amide bonds. The van der Waals surface area contributed by atoms with Crippen LogP contribution in [-0.4, -0.2) is 24.4 Å². The molecule has 0 saturated heterocycles. The molecule has 106 valence electrons. The number of ether oxygens (including phenoxy) is 1. The lowest BCUT2D eigenvalue weighted by Crippen LogP contribution is -2.23. The Morgan fingerprint density at radius 3 is 3.16 bits per heavy atom. The fraction of sp³-hybridized carbons (Fsp3) is 0.600. The van der Waals surface area contributed by atoms with E-state index in [1.54, 1.807) is 0 Å². The summed E-state index contributed by atoms with van der Waals surface area (Å²) < 4.78 is 6.85. The van der Waals surface area contributed by atoms with Gasteiger partial charge in [-0.1, -0.05) is 22.0 Å². The van der Waals surface area contributed by atoms with Crippen molar-refractivity contribution in [3.8, 4) is 5.75 Å². The topological polar surface area (TPSA) is 41.5 Å². The van der Waals surface area contributed by atoms with Crippen molar-refractivity contribution in [1.82, 2.24) is 5.32 Å². The van der Waals surface area contributed by atoms with Crippen molar-refractivity contribution in [3.63, 3.8) is 0 Å². The summed E-state index contributed by atoms with van der Waals surface area (Å²) in [7, 11) is 0. The van der Waals surface area contributed by atoms with Crippen LogP contribution in [0.5, 0.6) is 5.75 Å². The van der Waals surface area contributed by atoms with E-state index in [0.29, 0.717) is 6.04 Å². The molecule has 19 heavy (non-hydrogen) atoms. The van der Waals surface area contributed by atoms with Crippen molar-refractivity contribution in [2.24, 2.45) is 0 Å². The van der Waals surface area contributed by atoms with Gasteiger partial charge in [-0.3, -0.25) is 0 Å². The Morgan fingerprint density at radius 1 is 1.53 bits per heavy atom. The Balaban J connectivity index is 1.97. The summed E-state index contributed by atoms with van der Waals surface area (Å²) in [6.45, 7) is 3.56. The standard InChI is InChI=1S/C15H22BrNO2/c1-11(18)4-2-8-17-14-5-3-9-19-15-10-12(16)6-7-13(14)15/h6-7,10-11,14,17-18H,2-5,8-9H2,1H3. The van der Waals surface area contributed by atoms with Crippen LogP contribution < -0.4 is 10.1 Å². The molecule has 2 N–H and O–H groups in total. The van der Waals surface area contributed by atoms with Gasteiger partial charge >= 0.3 is 0 Å². The number of aliphatic hydroxyl groups is 1. The van der Waals surface area contributed by atoms with Crippen LogP contribution in [0.1, 0.15) is 44.2 Å². The van der Waals surface area contributed by atoms with Gasteiger partial charge in [0.15, 0.2) is 0 Å². The molecule has 1 aromatic rings. The average Bonchev–Trinajstić information content (AvgIpc) is 2.56. The second-order valence-corrected chi connectivity index (χ2v) is 6.09. The van der Waals surface area contributed by atoms with Gasteiger partial charge in [-0.25, -0.2) is 0 Å². The van der Waals surface area contributed by atoms with E-state index >= 15 is 0 Å². The highest BCUT2D eigenvalue weighted by Crippen LogP contribution is 2.33. The lowest BCUT2D eigenvalue weighted by atomic mass is 10.0. The fourth-order valence-electron chi connectivity index (χ4n) is 2.43. The second-order valence-electron chi connectivity index (χ2n) is 5.17. The Morgan fingerprint density at radius 2 is 2.37 bits per heavy atom. The number of fused-ring (bicyclic) bond motifs is 1. The first-order valence-corrected chi connectivity index (χ1v) is 7.80. The third-order valence-corrected chi connectivity index (χ3v) is 3.93. The first-order valence-electron chi connectivity index (χ1n) is 7.00. The van der Waals surface area contributed by atoms with Crippen molar-refractivity contribution >= 4 is 15.9 Å². The highest BCUT2D eigenvalue weighted by atomic mass is 79.9. The average molecular weight is 328 g/mol. The molecule has 1 aliphatic heterocycles. The molecule has 0 radical (unpaired) electrons. The van der Waals surface area contributed by atoms with Gasteiger partial charge in [0.2, 0.25) is 0 Å². The molecule has 2 rings (SSSR count). The Kier molecular flexibility index (Phi) is 5.67. The largest absolute Gasteiger partial charge is 0.493 e. The van der Waals surface area contributed by atoms with E-state index in [1.165, 1.54) is 5.56 Å². The number of aliphatic hydroxyl groups excluding tert-OH is 1. The highest BCUT2D eigenvalue weighted by Gasteiger charge is 2.19. The third-order valence-electron chi connectivity index (χ3n) is 3.44. The number of benzene rings is 1.